The Bertz CT molecular complexity index is 491. The topological polar surface area (TPSA) is 36.3 Å². The van der Waals surface area contributed by atoms with Gasteiger partial charge in [0.25, 0.3) is 0 Å². The Hall–Kier alpha value is -1.07. The van der Waals surface area contributed by atoms with E-state index >= 15 is 0 Å². The van der Waals surface area contributed by atoms with Gasteiger partial charge in [-0.15, -0.1) is 0 Å². The normalized spacial score (nSPS) is 23.5. The average molecular weight is 291 g/mol. The second-order valence-corrected chi connectivity index (χ2v) is 6.84. The van der Waals surface area contributed by atoms with Gasteiger partial charge in [-0.25, -0.2) is 0 Å². The van der Waals surface area contributed by atoms with Gasteiger partial charge in [0.05, 0.1) is 5.69 Å². The molecule has 0 spiro atoms. The third-order valence-electron chi connectivity index (χ3n) is 4.94. The average Bonchev–Trinajstić information content (AvgIpc) is 3.22. The Morgan fingerprint density at radius 3 is 2.71 bits per heavy atom. The summed E-state index contributed by atoms with van der Waals surface area (Å²) in [5.41, 5.74) is 2.54. The van der Waals surface area contributed by atoms with E-state index in [0.29, 0.717) is 6.04 Å². The fraction of sp³-hybridized carbons (Fsp3) is 0.812. The summed E-state index contributed by atoms with van der Waals surface area (Å²) >= 11 is 0. The molecule has 2 aliphatic rings. The van der Waals surface area contributed by atoms with Gasteiger partial charge in [-0.1, -0.05) is 0 Å². The minimum Gasteiger partial charge on any atom is -0.355 e. The molecule has 5 nitrogen and oxygen atoms in total. The van der Waals surface area contributed by atoms with Crippen molar-refractivity contribution in [2.24, 2.45) is 7.05 Å². The van der Waals surface area contributed by atoms with E-state index in [4.69, 9.17) is 0 Å². The monoisotopic (exact) mass is 291 g/mol. The zero-order chi connectivity index (χ0) is 15.0. The first kappa shape index (κ1) is 14.9. The predicted molar refractivity (Wildman–Crippen MR) is 86.7 cm³/mol. The molecule has 0 aromatic carbocycles. The maximum Gasteiger partial charge on any atom is 0.131 e. The lowest BCUT2D eigenvalue weighted by atomic mass is 10.0. The number of rotatable bonds is 5. The molecular formula is C16H29N5. The van der Waals surface area contributed by atoms with Crippen molar-refractivity contribution in [2.75, 3.05) is 32.1 Å². The molecule has 1 aliphatic carbocycles. The standard InChI is InChI=1S/C16H29N5/c1-12-15(10-17-13-7-8-13)16(21(4)18-12)20(3)14-6-5-9-19(2)11-14/h13-14,17H,5-11H2,1-4H3. The van der Waals surface area contributed by atoms with Crippen LogP contribution in [0, 0.1) is 6.92 Å². The van der Waals surface area contributed by atoms with E-state index in [-0.39, 0.29) is 0 Å². The first-order chi connectivity index (χ1) is 10.1. The van der Waals surface area contributed by atoms with Crippen LogP contribution < -0.4 is 10.2 Å². The lowest BCUT2D eigenvalue weighted by molar-refractivity contribution is 0.247. The number of aryl methyl sites for hydroxylation is 2. The Kier molecular flexibility index (Phi) is 4.22. The molecule has 1 saturated carbocycles. The fourth-order valence-electron chi connectivity index (χ4n) is 3.50. The van der Waals surface area contributed by atoms with Crippen LogP contribution in [0.15, 0.2) is 0 Å². The summed E-state index contributed by atoms with van der Waals surface area (Å²) in [7, 11) is 6.54. The number of nitrogens with zero attached hydrogens (tertiary/aromatic N) is 4. The van der Waals surface area contributed by atoms with Gasteiger partial charge in [0, 0.05) is 44.8 Å². The predicted octanol–water partition coefficient (Wildman–Crippen LogP) is 1.51. The molecule has 0 amide bonds. The first-order valence-corrected chi connectivity index (χ1v) is 8.23. The Balaban J connectivity index is 1.78. The van der Waals surface area contributed by atoms with Crippen molar-refractivity contribution in [3.63, 3.8) is 0 Å². The maximum atomic E-state index is 4.67. The number of anilines is 1. The largest absolute Gasteiger partial charge is 0.355 e. The van der Waals surface area contributed by atoms with Gasteiger partial charge in [0.1, 0.15) is 5.82 Å². The number of aromatic nitrogens is 2. The molecule has 3 rings (SSSR count). The van der Waals surface area contributed by atoms with Gasteiger partial charge in [-0.2, -0.15) is 5.10 Å². The van der Waals surface area contributed by atoms with E-state index < -0.39 is 0 Å². The first-order valence-electron chi connectivity index (χ1n) is 8.23. The third-order valence-corrected chi connectivity index (χ3v) is 4.94. The number of hydrogen-bond acceptors (Lipinski definition) is 4. The number of hydrogen-bond donors (Lipinski definition) is 1. The van der Waals surface area contributed by atoms with Gasteiger partial charge < -0.3 is 15.1 Å². The van der Waals surface area contributed by atoms with E-state index in [9.17, 15) is 0 Å². The van der Waals surface area contributed by atoms with Crippen LogP contribution in [0.25, 0.3) is 0 Å². The molecule has 1 aromatic heterocycles. The van der Waals surface area contributed by atoms with E-state index in [1.807, 2.05) is 0 Å². The summed E-state index contributed by atoms with van der Waals surface area (Å²) in [5.74, 6) is 1.29. The lowest BCUT2D eigenvalue weighted by Gasteiger charge is -2.37. The minimum absolute atomic E-state index is 0.596. The van der Waals surface area contributed by atoms with Crippen molar-refractivity contribution in [1.29, 1.82) is 0 Å². The molecule has 1 unspecified atom stereocenters. The van der Waals surface area contributed by atoms with Crippen molar-refractivity contribution >= 4 is 5.82 Å². The molecule has 2 heterocycles. The zero-order valence-electron chi connectivity index (χ0n) is 13.9. The summed E-state index contributed by atoms with van der Waals surface area (Å²) in [6, 6.07) is 1.34. The van der Waals surface area contributed by atoms with Crippen LogP contribution >= 0.6 is 0 Å². The van der Waals surface area contributed by atoms with E-state index in [2.05, 4.69) is 53.0 Å². The molecule has 1 aromatic rings. The Morgan fingerprint density at radius 1 is 1.29 bits per heavy atom. The second-order valence-electron chi connectivity index (χ2n) is 6.84. The third kappa shape index (κ3) is 3.24. The van der Waals surface area contributed by atoms with Crippen LogP contribution in [-0.2, 0) is 13.6 Å². The van der Waals surface area contributed by atoms with E-state index in [0.717, 1.165) is 24.8 Å². The highest BCUT2D eigenvalue weighted by atomic mass is 15.4. The second kappa shape index (κ2) is 5.97. The van der Waals surface area contributed by atoms with Gasteiger partial charge >= 0.3 is 0 Å². The number of nitrogens with one attached hydrogen (secondary N) is 1. The molecule has 5 heteroatoms. The van der Waals surface area contributed by atoms with Crippen molar-refractivity contribution in [1.82, 2.24) is 20.0 Å². The number of piperidine rings is 1. The number of likely N-dealkylation sites (tertiary alicyclic amines) is 1. The van der Waals surface area contributed by atoms with Crippen LogP contribution in [0.4, 0.5) is 5.82 Å². The van der Waals surface area contributed by atoms with Crippen molar-refractivity contribution in [3.8, 4) is 0 Å². The molecule has 118 valence electrons. The van der Waals surface area contributed by atoms with Crippen LogP contribution in [0.2, 0.25) is 0 Å². The van der Waals surface area contributed by atoms with Crippen molar-refractivity contribution < 1.29 is 0 Å². The molecule has 0 radical (unpaired) electrons. The molecule has 1 N–H and O–H groups in total. The SMILES string of the molecule is Cc1nn(C)c(N(C)C2CCCN(C)C2)c1CNC1CC1. The fourth-order valence-corrected chi connectivity index (χ4v) is 3.50. The van der Waals surface area contributed by atoms with Crippen LogP contribution in [-0.4, -0.2) is 53.9 Å². The highest BCUT2D eigenvalue weighted by Gasteiger charge is 2.27. The summed E-state index contributed by atoms with van der Waals surface area (Å²) in [4.78, 5) is 4.90. The smallest absolute Gasteiger partial charge is 0.131 e. The molecule has 21 heavy (non-hydrogen) atoms. The number of likely N-dealkylation sites (N-methyl/N-ethyl adjacent to an activating group) is 2. The Morgan fingerprint density at radius 2 is 2.05 bits per heavy atom. The maximum absolute atomic E-state index is 4.67. The summed E-state index contributed by atoms with van der Waals surface area (Å²) in [5, 5.41) is 8.31. The van der Waals surface area contributed by atoms with Gasteiger partial charge in [0.15, 0.2) is 0 Å². The summed E-state index contributed by atoms with van der Waals surface area (Å²) in [6.45, 7) is 5.46. The quantitative estimate of drug-likeness (QED) is 0.892. The van der Waals surface area contributed by atoms with E-state index in [1.54, 1.807) is 0 Å². The molecule has 1 saturated heterocycles. The van der Waals surface area contributed by atoms with Crippen molar-refractivity contribution in [3.05, 3.63) is 11.3 Å². The zero-order valence-corrected chi connectivity index (χ0v) is 13.9. The highest BCUT2D eigenvalue weighted by molar-refractivity contribution is 5.50. The van der Waals surface area contributed by atoms with Crippen LogP contribution in [0.3, 0.4) is 0 Å². The van der Waals surface area contributed by atoms with Gasteiger partial charge in [-0.05, 0) is 46.2 Å². The summed E-state index contributed by atoms with van der Waals surface area (Å²) < 4.78 is 2.06. The lowest BCUT2D eigenvalue weighted by Crippen LogP contribution is -2.46. The van der Waals surface area contributed by atoms with Gasteiger partial charge in [-0.3, -0.25) is 4.68 Å². The van der Waals surface area contributed by atoms with Crippen molar-refractivity contribution in [2.45, 2.75) is 51.2 Å². The molecule has 2 fully saturated rings. The van der Waals surface area contributed by atoms with Gasteiger partial charge in [0.2, 0.25) is 0 Å². The van der Waals surface area contributed by atoms with Crippen LogP contribution in [0.1, 0.15) is 36.9 Å². The summed E-state index contributed by atoms with van der Waals surface area (Å²) in [6.07, 6.45) is 5.23. The Labute approximate surface area is 128 Å². The molecule has 0 bridgehead atoms. The minimum atomic E-state index is 0.596. The molecule has 1 aliphatic heterocycles. The molecular weight excluding hydrogens is 262 g/mol. The van der Waals surface area contributed by atoms with Crippen LogP contribution in [0.5, 0.6) is 0 Å². The highest BCUT2D eigenvalue weighted by Crippen LogP contribution is 2.28. The molecule has 1 atom stereocenters. The van der Waals surface area contributed by atoms with E-state index in [1.165, 1.54) is 43.6 Å².